The molecule has 2 aromatic carbocycles. The highest BCUT2D eigenvalue weighted by atomic mass is 14.9. The monoisotopic (exact) mass is 347 g/mol. The topological polar surface area (TPSA) is 3.88 Å². The van der Waals surface area contributed by atoms with E-state index in [4.69, 9.17) is 1.37 Å². The molecule has 0 N–H and O–H groups in total. The first-order valence-corrected chi connectivity index (χ1v) is 9.56. The molecule has 0 unspecified atom stereocenters. The maximum absolute atomic E-state index is 8.70. The highest BCUT2D eigenvalue weighted by molar-refractivity contribution is 5.94. The maximum Gasteiger partial charge on any atom is 0.220 e. The molecule has 3 rings (SSSR count). The fourth-order valence-corrected chi connectivity index (χ4v) is 3.53. The molecule has 1 heteroatoms. The average Bonchev–Trinajstić information content (AvgIpc) is 2.60. The second kappa shape index (κ2) is 6.54. The molecule has 0 aliphatic carbocycles. The predicted molar refractivity (Wildman–Crippen MR) is 113 cm³/mol. The van der Waals surface area contributed by atoms with Gasteiger partial charge in [0.05, 0.1) is 12.3 Å². The van der Waals surface area contributed by atoms with Crippen LogP contribution >= 0.6 is 0 Å². The Bertz CT molecular complexity index is 1020. The largest absolute Gasteiger partial charge is 0.220 e. The van der Waals surface area contributed by atoms with Gasteiger partial charge in [0.2, 0.25) is 5.69 Å². The Balaban J connectivity index is 2.42. The van der Waals surface area contributed by atoms with Gasteiger partial charge in [-0.25, -0.2) is 0 Å². The molecular weight excluding hydrogens is 314 g/mol. The third-order valence-electron chi connectivity index (χ3n) is 5.48. The summed E-state index contributed by atoms with van der Waals surface area (Å²) in [5, 5.41) is 2.21. The summed E-state index contributed by atoms with van der Waals surface area (Å²) in [6, 6.07) is 14.1. The highest BCUT2D eigenvalue weighted by Gasteiger charge is 2.22. The van der Waals surface area contributed by atoms with E-state index in [1.54, 1.807) is 0 Å². The van der Waals surface area contributed by atoms with E-state index in [1.807, 2.05) is 0 Å². The van der Waals surface area contributed by atoms with Crippen LogP contribution in [-0.4, -0.2) is 0 Å². The van der Waals surface area contributed by atoms with Gasteiger partial charge in [0.1, 0.15) is 7.05 Å². The first-order valence-electron chi connectivity index (χ1n) is 10.1. The summed E-state index contributed by atoms with van der Waals surface area (Å²) >= 11 is 0. The molecule has 1 aromatic heterocycles. The van der Waals surface area contributed by atoms with Crippen molar-refractivity contribution in [2.75, 3.05) is 0 Å². The van der Waals surface area contributed by atoms with Crippen LogP contribution in [0.4, 0.5) is 0 Å². The lowest BCUT2D eigenvalue weighted by molar-refractivity contribution is -0.665. The number of fused-ring (bicyclic) bond motifs is 1. The second-order valence-electron chi connectivity index (χ2n) is 8.86. The van der Waals surface area contributed by atoms with Crippen molar-refractivity contribution in [3.8, 4) is 11.3 Å². The molecule has 0 aliphatic heterocycles. The third kappa shape index (κ3) is 3.28. The van der Waals surface area contributed by atoms with Crippen LogP contribution in [0.15, 0.2) is 42.4 Å². The van der Waals surface area contributed by atoms with E-state index in [0.717, 1.165) is 16.5 Å². The minimum Gasteiger partial charge on any atom is -0.198 e. The zero-order valence-electron chi connectivity index (χ0n) is 18.5. The fourth-order valence-electron chi connectivity index (χ4n) is 3.53. The minimum absolute atomic E-state index is 0.103. The van der Waals surface area contributed by atoms with Crippen molar-refractivity contribution in [1.82, 2.24) is 0 Å². The summed E-state index contributed by atoms with van der Waals surface area (Å²) in [6.07, 6.45) is 0. The quantitative estimate of drug-likeness (QED) is 0.474. The number of hydrogen-bond acceptors (Lipinski definition) is 0. The van der Waals surface area contributed by atoms with Gasteiger partial charge in [-0.3, -0.25) is 0 Å². The molecule has 26 heavy (non-hydrogen) atoms. The highest BCUT2D eigenvalue weighted by Crippen LogP contribution is 2.33. The van der Waals surface area contributed by atoms with Crippen molar-refractivity contribution in [2.45, 2.75) is 59.8 Å². The molecule has 1 heterocycles. The van der Waals surface area contributed by atoms with E-state index in [1.165, 1.54) is 27.9 Å². The number of nitrogens with zero attached hydrogens (tertiary/aromatic N) is 1. The van der Waals surface area contributed by atoms with Crippen molar-refractivity contribution in [3.05, 3.63) is 64.8 Å². The number of hydrogen-bond donors (Lipinski definition) is 0. The summed E-state index contributed by atoms with van der Waals surface area (Å²) in [5.74, 6) is 0.456. The standard InChI is InChI=1S/C25H32N/c1-16(2)19-10-12-22-20(14-19)13-18(4)26(8)24(22)23-15-21(25(5,6)7)11-9-17(23)3/h9-16H,1-8H3/q+1/i13D. The van der Waals surface area contributed by atoms with Crippen LogP contribution in [0.3, 0.4) is 0 Å². The van der Waals surface area contributed by atoms with Gasteiger partial charge in [-0.15, -0.1) is 0 Å². The van der Waals surface area contributed by atoms with Gasteiger partial charge >= 0.3 is 0 Å². The van der Waals surface area contributed by atoms with Crippen molar-refractivity contribution in [2.24, 2.45) is 7.05 Å². The number of rotatable bonds is 2. The third-order valence-corrected chi connectivity index (χ3v) is 5.48. The van der Waals surface area contributed by atoms with E-state index in [9.17, 15) is 0 Å². The van der Waals surface area contributed by atoms with Crippen molar-refractivity contribution >= 4 is 10.8 Å². The first-order chi connectivity index (χ1) is 12.5. The summed E-state index contributed by atoms with van der Waals surface area (Å²) in [7, 11) is 2.09. The van der Waals surface area contributed by atoms with E-state index in [2.05, 4.69) is 96.5 Å². The Morgan fingerprint density at radius 2 is 1.69 bits per heavy atom. The van der Waals surface area contributed by atoms with Crippen LogP contribution in [0, 0.1) is 13.8 Å². The molecule has 0 spiro atoms. The normalized spacial score (nSPS) is 12.7. The average molecular weight is 348 g/mol. The van der Waals surface area contributed by atoms with Gasteiger partial charge in [-0.2, -0.15) is 4.57 Å². The summed E-state index contributed by atoms with van der Waals surface area (Å²) in [5.41, 5.74) is 7.46. The van der Waals surface area contributed by atoms with Crippen LogP contribution in [0.2, 0.25) is 0 Å². The molecule has 0 bridgehead atoms. The van der Waals surface area contributed by atoms with Gasteiger partial charge in [0, 0.05) is 13.0 Å². The lowest BCUT2D eigenvalue weighted by Gasteiger charge is -2.21. The Morgan fingerprint density at radius 1 is 1.00 bits per heavy atom. The zero-order valence-corrected chi connectivity index (χ0v) is 17.5. The van der Waals surface area contributed by atoms with Crippen LogP contribution in [-0.2, 0) is 12.5 Å². The van der Waals surface area contributed by atoms with E-state index in [-0.39, 0.29) is 5.41 Å². The zero-order chi connectivity index (χ0) is 20.1. The van der Waals surface area contributed by atoms with Gasteiger partial charge in [-0.1, -0.05) is 58.9 Å². The molecule has 1 nitrogen and oxygen atoms in total. The summed E-state index contributed by atoms with van der Waals surface area (Å²) < 4.78 is 10.9. The lowest BCUT2D eigenvalue weighted by Crippen LogP contribution is -2.35. The second-order valence-corrected chi connectivity index (χ2v) is 8.86. The van der Waals surface area contributed by atoms with E-state index >= 15 is 0 Å². The Kier molecular flexibility index (Phi) is 4.34. The van der Waals surface area contributed by atoms with E-state index < -0.39 is 0 Å². The fraction of sp³-hybridized carbons (Fsp3) is 0.400. The Morgan fingerprint density at radius 3 is 2.31 bits per heavy atom. The molecule has 3 aromatic rings. The Hall–Kier alpha value is -2.15. The lowest BCUT2D eigenvalue weighted by atomic mass is 9.84. The van der Waals surface area contributed by atoms with Crippen LogP contribution in [0.5, 0.6) is 0 Å². The van der Waals surface area contributed by atoms with E-state index in [0.29, 0.717) is 12.0 Å². The molecule has 0 aliphatic rings. The predicted octanol–water partition coefficient (Wildman–Crippen LogP) is 6.37. The number of aromatic nitrogens is 1. The Labute approximate surface area is 160 Å². The molecule has 0 radical (unpaired) electrons. The molecule has 0 saturated heterocycles. The van der Waals surface area contributed by atoms with Gasteiger partial charge in [0.15, 0.2) is 5.69 Å². The SMILES string of the molecule is [2H]c1c(C)[n+](C)c(-c2cc(C(C)(C)C)ccc2C)c2ccc(C(C)C)cc12. The van der Waals surface area contributed by atoms with Gasteiger partial charge in [0.25, 0.3) is 0 Å². The smallest absolute Gasteiger partial charge is 0.198 e. The van der Waals surface area contributed by atoms with Crippen LogP contribution in [0.1, 0.15) is 64.3 Å². The van der Waals surface area contributed by atoms with Crippen molar-refractivity contribution < 1.29 is 5.94 Å². The molecule has 0 amide bonds. The molecule has 0 fully saturated rings. The first kappa shape index (κ1) is 17.3. The molecule has 0 saturated carbocycles. The number of aryl methyl sites for hydroxylation is 1. The molecule has 136 valence electrons. The van der Waals surface area contributed by atoms with Crippen molar-refractivity contribution in [3.63, 3.8) is 0 Å². The van der Waals surface area contributed by atoms with Crippen LogP contribution < -0.4 is 4.57 Å². The maximum atomic E-state index is 8.70. The number of pyridine rings is 1. The molecular formula is C25H32N+. The minimum atomic E-state index is 0.103. The summed E-state index contributed by atoms with van der Waals surface area (Å²) in [6.45, 7) is 15.4. The number of benzene rings is 2. The summed E-state index contributed by atoms with van der Waals surface area (Å²) in [4.78, 5) is 0. The van der Waals surface area contributed by atoms with Crippen LogP contribution in [0.25, 0.3) is 22.0 Å². The van der Waals surface area contributed by atoms with Gasteiger partial charge < -0.3 is 0 Å². The van der Waals surface area contributed by atoms with Crippen molar-refractivity contribution in [1.29, 1.82) is 0 Å². The molecule has 0 atom stereocenters. The van der Waals surface area contributed by atoms with Gasteiger partial charge in [-0.05, 0) is 52.5 Å².